The Balaban J connectivity index is 0. The van der Waals surface area contributed by atoms with Gasteiger partial charge in [0.15, 0.2) is 0 Å². The summed E-state index contributed by atoms with van der Waals surface area (Å²) in [5.74, 6) is 0. The fourth-order valence-electron chi connectivity index (χ4n) is 0. The predicted molar refractivity (Wildman–Crippen MR) is 34.9 cm³/mol. The lowest BCUT2D eigenvalue weighted by Gasteiger charge is -1.95. The average molecular weight is 173 g/mol. The second-order valence-electron chi connectivity index (χ2n) is 1.45. The minimum absolute atomic E-state index is 0.116. The van der Waals surface area contributed by atoms with Crippen LogP contribution in [-0.2, 0) is 9.30 Å². The number of phosphoric acid groups is 1. The molecule has 1 atom stereocenters. The highest BCUT2D eigenvalue weighted by Gasteiger charge is 2.00. The Hall–Kier alpha value is 0.0300. The summed E-state index contributed by atoms with van der Waals surface area (Å²) in [6.07, 6.45) is -0.116. The summed E-state index contributed by atoms with van der Waals surface area (Å²) in [6.45, 7) is 1.78. The van der Waals surface area contributed by atoms with Crippen LogP contribution in [0.2, 0.25) is 0 Å². The molecule has 0 saturated heterocycles. The van der Waals surface area contributed by atoms with Crippen LogP contribution in [0.1, 0.15) is 6.92 Å². The molecule has 64 valence electrons. The molecule has 0 amide bonds. The molecule has 10 heavy (non-hydrogen) atoms. The zero-order valence-corrected chi connectivity index (χ0v) is 6.65. The maximum absolute atomic E-state index is 8.88. The molecule has 0 radical (unpaired) electrons. The monoisotopic (exact) mass is 173 g/mol. The van der Waals surface area contributed by atoms with Crippen molar-refractivity contribution in [3.05, 3.63) is 0 Å². The molecule has 0 fully saturated rings. The van der Waals surface area contributed by atoms with Crippen molar-refractivity contribution in [3.8, 4) is 0 Å². The van der Waals surface area contributed by atoms with E-state index in [-0.39, 0.29) is 6.23 Å². The normalized spacial score (nSPS) is 13.4. The standard InChI is InChI=1S/C3H9NO.H3O4P/c1-3(4)5-2;1-5(2,3)4/h3H,4H2,1-2H3;(H3,1,2,3,4). The molecule has 0 saturated carbocycles. The van der Waals surface area contributed by atoms with E-state index in [0.29, 0.717) is 0 Å². The second-order valence-corrected chi connectivity index (χ2v) is 2.48. The number of nitrogens with two attached hydrogens (primary N) is 1. The Bertz CT molecular complexity index is 101. The van der Waals surface area contributed by atoms with Crippen molar-refractivity contribution in [3.63, 3.8) is 0 Å². The van der Waals surface area contributed by atoms with Crippen LogP contribution >= 0.6 is 7.82 Å². The maximum atomic E-state index is 8.88. The lowest BCUT2D eigenvalue weighted by molar-refractivity contribution is 0.124. The molecule has 1 unspecified atom stereocenters. The molecule has 5 N–H and O–H groups in total. The van der Waals surface area contributed by atoms with Crippen LogP contribution in [0.25, 0.3) is 0 Å². The smallest absolute Gasteiger partial charge is 0.367 e. The molecule has 0 aromatic rings. The Morgan fingerprint density at radius 1 is 1.50 bits per heavy atom. The van der Waals surface area contributed by atoms with E-state index in [1.807, 2.05) is 0 Å². The molecule has 0 heterocycles. The van der Waals surface area contributed by atoms with Crippen molar-refractivity contribution in [2.24, 2.45) is 5.73 Å². The zero-order valence-electron chi connectivity index (χ0n) is 5.76. The van der Waals surface area contributed by atoms with E-state index in [4.69, 9.17) is 25.0 Å². The van der Waals surface area contributed by atoms with Gasteiger partial charge in [0.1, 0.15) is 6.23 Å². The van der Waals surface area contributed by atoms with E-state index < -0.39 is 7.82 Å². The highest BCUT2D eigenvalue weighted by atomic mass is 31.2. The van der Waals surface area contributed by atoms with Gasteiger partial charge in [-0.25, -0.2) is 4.57 Å². The van der Waals surface area contributed by atoms with E-state index in [2.05, 4.69) is 4.74 Å². The minimum atomic E-state index is -4.64. The molecule has 0 aliphatic rings. The van der Waals surface area contributed by atoms with Crippen LogP contribution in [0.15, 0.2) is 0 Å². The van der Waals surface area contributed by atoms with Gasteiger partial charge >= 0.3 is 7.82 Å². The van der Waals surface area contributed by atoms with Gasteiger partial charge in [0.2, 0.25) is 0 Å². The Morgan fingerprint density at radius 3 is 1.60 bits per heavy atom. The first kappa shape index (κ1) is 12.7. The highest BCUT2D eigenvalue weighted by molar-refractivity contribution is 7.45. The van der Waals surface area contributed by atoms with Gasteiger partial charge in [0.25, 0.3) is 0 Å². The summed E-state index contributed by atoms with van der Waals surface area (Å²) < 4.78 is 13.4. The van der Waals surface area contributed by atoms with E-state index in [1.165, 1.54) is 0 Å². The maximum Gasteiger partial charge on any atom is 0.466 e. The van der Waals surface area contributed by atoms with Crippen LogP contribution in [0.4, 0.5) is 0 Å². The van der Waals surface area contributed by atoms with Crippen molar-refractivity contribution in [1.29, 1.82) is 0 Å². The summed E-state index contributed by atoms with van der Waals surface area (Å²) in [5.41, 5.74) is 5.07. The summed E-state index contributed by atoms with van der Waals surface area (Å²) in [4.78, 5) is 21.6. The number of methoxy groups -OCH3 is 1. The van der Waals surface area contributed by atoms with Crippen LogP contribution in [0.5, 0.6) is 0 Å². The summed E-state index contributed by atoms with van der Waals surface area (Å²) in [6, 6.07) is 0. The van der Waals surface area contributed by atoms with Crippen molar-refractivity contribution in [1.82, 2.24) is 0 Å². The van der Waals surface area contributed by atoms with Crippen molar-refractivity contribution >= 4 is 7.82 Å². The quantitative estimate of drug-likeness (QED) is 0.299. The van der Waals surface area contributed by atoms with Gasteiger partial charge in [-0.1, -0.05) is 0 Å². The molecular formula is C3H12NO5P. The molecule has 0 rings (SSSR count). The Labute approximate surface area is 58.9 Å². The molecule has 0 aliphatic heterocycles. The summed E-state index contributed by atoms with van der Waals surface area (Å²) in [5, 5.41) is 0. The molecule has 0 aromatic heterocycles. The van der Waals surface area contributed by atoms with Gasteiger partial charge in [-0.2, -0.15) is 0 Å². The van der Waals surface area contributed by atoms with Crippen LogP contribution in [0, 0.1) is 0 Å². The first-order valence-corrected chi connectivity index (χ1v) is 3.90. The average Bonchev–Trinajstić information content (AvgIpc) is 1.61. The van der Waals surface area contributed by atoms with E-state index in [1.54, 1.807) is 14.0 Å². The number of ether oxygens (including phenoxy) is 1. The molecule has 0 aromatic carbocycles. The number of rotatable bonds is 1. The third kappa shape index (κ3) is 96.3. The first-order valence-electron chi connectivity index (χ1n) is 2.34. The van der Waals surface area contributed by atoms with Gasteiger partial charge in [-0.3, -0.25) is 0 Å². The SMILES string of the molecule is COC(C)N.O=P(O)(O)O. The van der Waals surface area contributed by atoms with E-state index >= 15 is 0 Å². The van der Waals surface area contributed by atoms with Crippen molar-refractivity contribution < 1.29 is 24.0 Å². The highest BCUT2D eigenvalue weighted by Crippen LogP contribution is 2.25. The molecule has 7 heteroatoms. The van der Waals surface area contributed by atoms with E-state index in [9.17, 15) is 0 Å². The Kier molecular flexibility index (Phi) is 7.34. The van der Waals surface area contributed by atoms with Crippen molar-refractivity contribution in [2.75, 3.05) is 7.11 Å². The van der Waals surface area contributed by atoms with Gasteiger partial charge in [0.05, 0.1) is 0 Å². The van der Waals surface area contributed by atoms with Gasteiger partial charge in [0, 0.05) is 7.11 Å². The molecule has 0 bridgehead atoms. The molecule has 6 nitrogen and oxygen atoms in total. The third-order valence-corrected chi connectivity index (χ3v) is 0.372. The van der Waals surface area contributed by atoms with Crippen molar-refractivity contribution in [2.45, 2.75) is 13.2 Å². The fourth-order valence-corrected chi connectivity index (χ4v) is 0. The van der Waals surface area contributed by atoms with Crippen LogP contribution in [-0.4, -0.2) is 28.0 Å². The molecule has 0 aliphatic carbocycles. The number of hydrogen-bond donors (Lipinski definition) is 4. The predicted octanol–water partition coefficient (Wildman–Crippen LogP) is -0.991. The second kappa shape index (κ2) is 5.79. The summed E-state index contributed by atoms with van der Waals surface area (Å²) >= 11 is 0. The van der Waals surface area contributed by atoms with Gasteiger partial charge in [-0.15, -0.1) is 0 Å². The molecule has 0 spiro atoms. The largest absolute Gasteiger partial charge is 0.466 e. The van der Waals surface area contributed by atoms with Crippen LogP contribution in [0.3, 0.4) is 0 Å². The van der Waals surface area contributed by atoms with Crippen LogP contribution < -0.4 is 5.73 Å². The number of hydrogen-bond acceptors (Lipinski definition) is 3. The lowest BCUT2D eigenvalue weighted by Crippen LogP contribution is -2.15. The zero-order chi connectivity index (χ0) is 8.78. The topological polar surface area (TPSA) is 113 Å². The van der Waals surface area contributed by atoms with Gasteiger partial charge < -0.3 is 25.2 Å². The minimum Gasteiger partial charge on any atom is -0.367 e. The summed E-state index contributed by atoms with van der Waals surface area (Å²) in [7, 11) is -3.06. The Morgan fingerprint density at radius 2 is 1.60 bits per heavy atom. The fraction of sp³-hybridized carbons (Fsp3) is 1.00. The lowest BCUT2D eigenvalue weighted by atomic mass is 10.7. The third-order valence-electron chi connectivity index (χ3n) is 0.372. The first-order chi connectivity index (χ1) is 4.27. The van der Waals surface area contributed by atoms with Gasteiger partial charge in [-0.05, 0) is 6.92 Å². The molecular weight excluding hydrogens is 161 g/mol. The van der Waals surface area contributed by atoms with E-state index in [0.717, 1.165) is 0 Å².